The first-order chi connectivity index (χ1) is 12.3. The van der Waals surface area contributed by atoms with Gasteiger partial charge in [-0.25, -0.2) is 9.18 Å². The summed E-state index contributed by atoms with van der Waals surface area (Å²) < 4.78 is 36.8. The Balaban J connectivity index is 1.93. The molecule has 27 heavy (non-hydrogen) atoms. The van der Waals surface area contributed by atoms with Crippen LogP contribution in [0, 0.1) is 5.82 Å². The van der Waals surface area contributed by atoms with Crippen molar-refractivity contribution < 1.29 is 28.0 Å². The van der Waals surface area contributed by atoms with E-state index in [0.29, 0.717) is 5.75 Å². The molecule has 150 valence electrons. The molecule has 0 atom stereocenters. The van der Waals surface area contributed by atoms with E-state index >= 15 is 0 Å². The van der Waals surface area contributed by atoms with Crippen molar-refractivity contribution in [2.24, 2.45) is 0 Å². The molecule has 0 aromatic heterocycles. The predicted octanol–water partition coefficient (Wildman–Crippen LogP) is 3.03. The van der Waals surface area contributed by atoms with Crippen LogP contribution in [-0.4, -0.2) is 43.2 Å². The number of alkyl carbamates (subject to hydrolysis) is 1. The lowest BCUT2D eigenvalue weighted by Crippen LogP contribution is -2.41. The number of halogens is 1. The van der Waals surface area contributed by atoms with Crippen LogP contribution in [0.2, 0.25) is 0 Å². The first-order valence-corrected chi connectivity index (χ1v) is 9.05. The Morgan fingerprint density at radius 3 is 2.33 bits per heavy atom. The van der Waals surface area contributed by atoms with Crippen LogP contribution < -0.4 is 15.5 Å². The Hall–Kier alpha value is -1.80. The molecule has 0 unspecified atom stereocenters. The molecule has 0 saturated carbocycles. The Labute approximate surface area is 160 Å². The summed E-state index contributed by atoms with van der Waals surface area (Å²) in [5.41, 5.74) is -1.39. The zero-order valence-corrected chi connectivity index (χ0v) is 17.1. The summed E-state index contributed by atoms with van der Waals surface area (Å²) in [6, 6.07) is 4.40. The quantitative estimate of drug-likeness (QED) is 0.628. The van der Waals surface area contributed by atoms with Gasteiger partial charge < -0.3 is 24.1 Å². The molecule has 2 rings (SSSR count). The third-order valence-corrected chi connectivity index (χ3v) is 4.51. The number of benzene rings is 1. The number of rotatable bonds is 5. The summed E-state index contributed by atoms with van der Waals surface area (Å²) in [7, 11) is -0.807. The molecule has 0 bridgehead atoms. The summed E-state index contributed by atoms with van der Waals surface area (Å²) in [4.78, 5) is 11.6. The minimum Gasteiger partial charge on any atom is -0.492 e. The summed E-state index contributed by atoms with van der Waals surface area (Å²) in [5.74, 6) is 0.0415. The van der Waals surface area contributed by atoms with Gasteiger partial charge in [-0.05, 0) is 66.7 Å². The number of hydrogen-bond acceptors (Lipinski definition) is 5. The zero-order valence-electron chi connectivity index (χ0n) is 17.1. The number of hydrogen-bond donors (Lipinski definition) is 1. The average molecular weight is 381 g/mol. The molecule has 1 amide bonds. The molecular weight excluding hydrogens is 352 g/mol. The van der Waals surface area contributed by atoms with E-state index in [0.717, 1.165) is 0 Å². The Bertz CT molecular complexity index is 671. The molecule has 1 aliphatic heterocycles. The number of amides is 1. The number of carbonyl (C=O) groups excluding carboxylic acids is 1. The Morgan fingerprint density at radius 1 is 1.19 bits per heavy atom. The molecule has 0 radical (unpaired) electrons. The lowest BCUT2D eigenvalue weighted by Gasteiger charge is -2.32. The molecule has 6 nitrogen and oxygen atoms in total. The van der Waals surface area contributed by atoms with Crippen LogP contribution in [0.3, 0.4) is 0 Å². The van der Waals surface area contributed by atoms with Gasteiger partial charge in [0.05, 0.1) is 17.7 Å². The minimum absolute atomic E-state index is 0.216. The van der Waals surface area contributed by atoms with Gasteiger partial charge in [-0.15, -0.1) is 0 Å². The highest BCUT2D eigenvalue weighted by atomic mass is 19.1. The van der Waals surface area contributed by atoms with E-state index in [1.54, 1.807) is 26.8 Å². The van der Waals surface area contributed by atoms with Gasteiger partial charge >= 0.3 is 13.2 Å². The van der Waals surface area contributed by atoms with Crippen molar-refractivity contribution in [2.45, 2.75) is 65.3 Å². The van der Waals surface area contributed by atoms with Crippen molar-refractivity contribution >= 4 is 18.7 Å². The van der Waals surface area contributed by atoms with Gasteiger partial charge in [0.25, 0.3) is 0 Å². The summed E-state index contributed by atoms with van der Waals surface area (Å²) >= 11 is 0. The fourth-order valence-electron chi connectivity index (χ4n) is 2.40. The highest BCUT2D eigenvalue weighted by molar-refractivity contribution is 6.62. The highest BCUT2D eigenvalue weighted by Gasteiger charge is 2.52. The van der Waals surface area contributed by atoms with Gasteiger partial charge in [-0.3, -0.25) is 0 Å². The van der Waals surface area contributed by atoms with Gasteiger partial charge in [0.15, 0.2) is 0 Å². The molecule has 1 heterocycles. The van der Waals surface area contributed by atoms with Crippen molar-refractivity contribution in [3.8, 4) is 5.75 Å². The van der Waals surface area contributed by atoms with Crippen molar-refractivity contribution in [3.05, 3.63) is 24.0 Å². The number of nitrogens with one attached hydrogen (secondary N) is 1. The first-order valence-electron chi connectivity index (χ1n) is 9.05. The lowest BCUT2D eigenvalue weighted by atomic mass is 9.78. The fourth-order valence-corrected chi connectivity index (χ4v) is 2.40. The van der Waals surface area contributed by atoms with Crippen LogP contribution in [0.1, 0.15) is 48.5 Å². The second-order valence-electron chi connectivity index (χ2n) is 8.55. The number of carbonyl (C=O) groups is 1. The topological polar surface area (TPSA) is 66.0 Å². The Morgan fingerprint density at radius 2 is 1.78 bits per heavy atom. The van der Waals surface area contributed by atoms with E-state index in [2.05, 4.69) is 5.32 Å². The molecule has 1 aliphatic rings. The molecule has 1 saturated heterocycles. The van der Waals surface area contributed by atoms with Gasteiger partial charge in [0, 0.05) is 5.46 Å². The molecule has 1 N–H and O–H groups in total. The van der Waals surface area contributed by atoms with Crippen LogP contribution in [0.4, 0.5) is 9.18 Å². The van der Waals surface area contributed by atoms with Gasteiger partial charge in [0.1, 0.15) is 23.8 Å². The van der Waals surface area contributed by atoms with E-state index < -0.39 is 35.8 Å². The molecule has 0 aliphatic carbocycles. The fraction of sp³-hybridized carbons (Fsp3) is 0.632. The second-order valence-corrected chi connectivity index (χ2v) is 8.55. The largest absolute Gasteiger partial charge is 0.497 e. The monoisotopic (exact) mass is 381 g/mol. The van der Waals surface area contributed by atoms with Gasteiger partial charge in [-0.2, -0.15) is 0 Å². The van der Waals surface area contributed by atoms with Crippen molar-refractivity contribution in [1.82, 2.24) is 5.32 Å². The summed E-state index contributed by atoms with van der Waals surface area (Å²) in [6.45, 7) is 13.5. The minimum atomic E-state index is -0.807. The standard InChI is InChI=1S/C19H29BFNO5/c1-17(2,3)25-16(23)22-10-11-24-13-8-9-15(21)14(12-13)20-26-18(4,5)19(6,7)27-20/h8-9,12H,10-11H2,1-7H3,(H,22,23). The highest BCUT2D eigenvalue weighted by Crippen LogP contribution is 2.36. The van der Waals surface area contributed by atoms with Crippen LogP contribution in [-0.2, 0) is 14.0 Å². The van der Waals surface area contributed by atoms with Crippen molar-refractivity contribution in [1.29, 1.82) is 0 Å². The average Bonchev–Trinajstić information content (AvgIpc) is 2.71. The van der Waals surface area contributed by atoms with Crippen LogP contribution in [0.15, 0.2) is 18.2 Å². The van der Waals surface area contributed by atoms with Crippen LogP contribution in [0.5, 0.6) is 5.75 Å². The SMILES string of the molecule is CC(C)(C)OC(=O)NCCOc1ccc(F)c(B2OC(C)(C)C(C)(C)O2)c1. The van der Waals surface area contributed by atoms with E-state index in [-0.39, 0.29) is 18.6 Å². The summed E-state index contributed by atoms with van der Waals surface area (Å²) in [5, 5.41) is 2.60. The van der Waals surface area contributed by atoms with Crippen LogP contribution in [0.25, 0.3) is 0 Å². The van der Waals surface area contributed by atoms with E-state index in [9.17, 15) is 9.18 Å². The van der Waals surface area contributed by atoms with E-state index in [4.69, 9.17) is 18.8 Å². The molecule has 1 fully saturated rings. The van der Waals surface area contributed by atoms with E-state index in [1.807, 2.05) is 27.7 Å². The lowest BCUT2D eigenvalue weighted by molar-refractivity contribution is 0.00578. The molecule has 8 heteroatoms. The maximum Gasteiger partial charge on any atom is 0.497 e. The van der Waals surface area contributed by atoms with E-state index in [1.165, 1.54) is 12.1 Å². The van der Waals surface area contributed by atoms with Gasteiger partial charge in [0.2, 0.25) is 0 Å². The maximum absolute atomic E-state index is 14.3. The summed E-state index contributed by atoms with van der Waals surface area (Å²) in [6.07, 6.45) is -0.511. The zero-order chi connectivity index (χ0) is 20.5. The second kappa shape index (κ2) is 7.68. The third-order valence-electron chi connectivity index (χ3n) is 4.51. The van der Waals surface area contributed by atoms with Gasteiger partial charge in [-0.1, -0.05) is 0 Å². The number of ether oxygens (including phenoxy) is 2. The first kappa shape index (κ1) is 21.5. The maximum atomic E-state index is 14.3. The smallest absolute Gasteiger partial charge is 0.492 e. The molecule has 1 aromatic rings. The van der Waals surface area contributed by atoms with Crippen molar-refractivity contribution in [2.75, 3.05) is 13.2 Å². The van der Waals surface area contributed by atoms with Crippen LogP contribution >= 0.6 is 0 Å². The normalized spacial score (nSPS) is 18.3. The Kier molecular flexibility index (Phi) is 6.11. The van der Waals surface area contributed by atoms with Crippen molar-refractivity contribution in [3.63, 3.8) is 0 Å². The molecule has 1 aromatic carbocycles. The third kappa shape index (κ3) is 5.59. The molecular formula is C19H29BFNO5. The predicted molar refractivity (Wildman–Crippen MR) is 102 cm³/mol. The molecule has 0 spiro atoms.